The number of nitrogens with zero attached hydrogens (tertiary/aromatic N) is 6. The molecule has 1 fully saturated rings. The fraction of sp³-hybridized carbons (Fsp3) is 0.381. The summed E-state index contributed by atoms with van der Waals surface area (Å²) in [5.41, 5.74) is 1.89. The van der Waals surface area contributed by atoms with E-state index in [2.05, 4.69) is 44.1 Å². The fourth-order valence-corrected chi connectivity index (χ4v) is 3.89. The molecule has 2 atom stereocenters. The third-order valence-electron chi connectivity index (χ3n) is 5.07. The Morgan fingerprint density at radius 2 is 1.97 bits per heavy atom. The van der Waals surface area contributed by atoms with Crippen molar-refractivity contribution in [3.05, 3.63) is 48.7 Å². The smallest absolute Gasteiger partial charge is 0.275 e. The number of rotatable bonds is 4. The van der Waals surface area contributed by atoms with E-state index in [9.17, 15) is 4.79 Å². The number of hydrogen-bond donors (Lipinski definition) is 1. The van der Waals surface area contributed by atoms with E-state index in [1.807, 2.05) is 31.4 Å². The van der Waals surface area contributed by atoms with Gasteiger partial charge in [-0.3, -0.25) is 9.48 Å². The molecular formula is C21H25N7O. The number of aryl methyl sites for hydroxylation is 1. The molecule has 0 saturated carbocycles. The zero-order chi connectivity index (χ0) is 20.4. The first-order chi connectivity index (χ1) is 14.0. The van der Waals surface area contributed by atoms with Crippen molar-refractivity contribution in [2.45, 2.75) is 20.3 Å². The Kier molecular flexibility index (Phi) is 5.24. The SMILES string of the molecule is CC1CC(C)CN(c2cc(NC(=O)c3cccc(-c4cnn(C)c4)n3)ncn2)C1. The van der Waals surface area contributed by atoms with E-state index in [0.717, 1.165) is 24.5 Å². The summed E-state index contributed by atoms with van der Waals surface area (Å²) >= 11 is 0. The molecule has 1 aliphatic heterocycles. The highest BCUT2D eigenvalue weighted by Crippen LogP contribution is 2.26. The average molecular weight is 391 g/mol. The van der Waals surface area contributed by atoms with Gasteiger partial charge in [0.25, 0.3) is 5.91 Å². The van der Waals surface area contributed by atoms with Crippen molar-refractivity contribution in [2.75, 3.05) is 23.3 Å². The van der Waals surface area contributed by atoms with Gasteiger partial charge in [-0.05, 0) is 30.4 Å². The van der Waals surface area contributed by atoms with Gasteiger partial charge in [0, 0.05) is 38.0 Å². The molecule has 1 amide bonds. The van der Waals surface area contributed by atoms with Gasteiger partial charge in [0.1, 0.15) is 23.7 Å². The molecule has 0 bridgehead atoms. The first-order valence-electron chi connectivity index (χ1n) is 9.82. The number of nitrogens with one attached hydrogen (secondary N) is 1. The molecule has 150 valence electrons. The largest absolute Gasteiger partial charge is 0.356 e. The lowest BCUT2D eigenvalue weighted by Gasteiger charge is -2.35. The standard InChI is InChI=1S/C21H25N7O/c1-14-7-15(2)11-28(10-14)20-8-19(22-13-23-20)26-21(29)18-6-4-5-17(25-18)16-9-24-27(3)12-16/h4-6,8-9,12-15H,7,10-11H2,1-3H3,(H,22,23,26,29). The van der Waals surface area contributed by atoms with Gasteiger partial charge in [-0.25, -0.2) is 15.0 Å². The summed E-state index contributed by atoms with van der Waals surface area (Å²) in [6, 6.07) is 7.18. The minimum atomic E-state index is -0.305. The summed E-state index contributed by atoms with van der Waals surface area (Å²) in [4.78, 5) is 28.1. The van der Waals surface area contributed by atoms with Crippen molar-refractivity contribution in [1.29, 1.82) is 0 Å². The van der Waals surface area contributed by atoms with Crippen LogP contribution in [-0.4, -0.2) is 43.7 Å². The van der Waals surface area contributed by atoms with Crippen LogP contribution in [-0.2, 0) is 7.05 Å². The van der Waals surface area contributed by atoms with Gasteiger partial charge in [-0.1, -0.05) is 19.9 Å². The third kappa shape index (κ3) is 4.42. The molecule has 2 unspecified atom stereocenters. The van der Waals surface area contributed by atoms with Crippen LogP contribution in [0.2, 0.25) is 0 Å². The summed E-state index contributed by atoms with van der Waals surface area (Å²) < 4.78 is 1.70. The lowest BCUT2D eigenvalue weighted by molar-refractivity contribution is 0.102. The normalized spacial score (nSPS) is 19.2. The minimum absolute atomic E-state index is 0.305. The molecule has 3 aromatic heterocycles. The second-order valence-corrected chi connectivity index (χ2v) is 7.88. The second-order valence-electron chi connectivity index (χ2n) is 7.88. The molecule has 4 rings (SSSR count). The van der Waals surface area contributed by atoms with Gasteiger partial charge in [-0.2, -0.15) is 5.10 Å². The highest BCUT2D eigenvalue weighted by atomic mass is 16.1. The van der Waals surface area contributed by atoms with Crippen LogP contribution in [0.15, 0.2) is 43.0 Å². The molecule has 1 N–H and O–H groups in total. The Bertz CT molecular complexity index is 1010. The Morgan fingerprint density at radius 1 is 1.17 bits per heavy atom. The molecular weight excluding hydrogens is 366 g/mol. The summed E-state index contributed by atoms with van der Waals surface area (Å²) in [5.74, 6) is 2.24. The van der Waals surface area contributed by atoms with E-state index in [1.165, 1.54) is 12.7 Å². The molecule has 29 heavy (non-hydrogen) atoms. The van der Waals surface area contributed by atoms with Gasteiger partial charge in [0.05, 0.1) is 11.9 Å². The Hall–Kier alpha value is -3.29. The number of carbonyl (C=O) groups is 1. The van der Waals surface area contributed by atoms with Gasteiger partial charge in [0.2, 0.25) is 0 Å². The number of hydrogen-bond acceptors (Lipinski definition) is 6. The van der Waals surface area contributed by atoms with E-state index >= 15 is 0 Å². The van der Waals surface area contributed by atoms with E-state index in [-0.39, 0.29) is 5.91 Å². The number of anilines is 2. The molecule has 1 aliphatic rings. The quantitative estimate of drug-likeness (QED) is 0.735. The van der Waals surface area contributed by atoms with E-state index in [0.29, 0.717) is 29.0 Å². The van der Waals surface area contributed by atoms with Crippen molar-refractivity contribution in [3.63, 3.8) is 0 Å². The highest BCUT2D eigenvalue weighted by Gasteiger charge is 2.23. The first-order valence-corrected chi connectivity index (χ1v) is 9.82. The average Bonchev–Trinajstić information content (AvgIpc) is 3.14. The van der Waals surface area contributed by atoms with Crippen molar-refractivity contribution in [3.8, 4) is 11.3 Å². The number of piperidine rings is 1. The summed E-state index contributed by atoms with van der Waals surface area (Å²) in [6.07, 6.45) is 6.31. The molecule has 8 nitrogen and oxygen atoms in total. The van der Waals surface area contributed by atoms with Crippen molar-refractivity contribution < 1.29 is 4.79 Å². The van der Waals surface area contributed by atoms with Crippen LogP contribution in [0.25, 0.3) is 11.3 Å². The summed E-state index contributed by atoms with van der Waals surface area (Å²) in [6.45, 7) is 6.44. The molecule has 8 heteroatoms. The lowest BCUT2D eigenvalue weighted by atomic mass is 9.92. The number of carbonyl (C=O) groups excluding carboxylic acids is 1. The predicted molar refractivity (Wildman–Crippen MR) is 112 cm³/mol. The summed E-state index contributed by atoms with van der Waals surface area (Å²) in [5, 5.41) is 7.00. The maximum absolute atomic E-state index is 12.7. The Morgan fingerprint density at radius 3 is 2.69 bits per heavy atom. The van der Waals surface area contributed by atoms with Gasteiger partial charge >= 0.3 is 0 Å². The molecule has 0 aromatic carbocycles. The first kappa shape index (κ1) is 19.0. The summed E-state index contributed by atoms with van der Waals surface area (Å²) in [7, 11) is 1.84. The van der Waals surface area contributed by atoms with E-state index < -0.39 is 0 Å². The monoisotopic (exact) mass is 391 g/mol. The van der Waals surface area contributed by atoms with Crippen LogP contribution >= 0.6 is 0 Å². The minimum Gasteiger partial charge on any atom is -0.356 e. The van der Waals surface area contributed by atoms with E-state index in [4.69, 9.17) is 0 Å². The van der Waals surface area contributed by atoms with E-state index in [1.54, 1.807) is 16.9 Å². The topological polar surface area (TPSA) is 88.8 Å². The van der Waals surface area contributed by atoms with Crippen LogP contribution < -0.4 is 10.2 Å². The van der Waals surface area contributed by atoms with Gasteiger partial charge in [0.15, 0.2) is 0 Å². The van der Waals surface area contributed by atoms with Crippen LogP contribution in [0.1, 0.15) is 30.8 Å². The number of pyridine rings is 1. The van der Waals surface area contributed by atoms with Crippen molar-refractivity contribution in [1.82, 2.24) is 24.7 Å². The highest BCUT2D eigenvalue weighted by molar-refractivity contribution is 6.02. The molecule has 4 heterocycles. The van der Waals surface area contributed by atoms with Crippen LogP contribution in [0, 0.1) is 11.8 Å². The number of aromatic nitrogens is 5. The lowest BCUT2D eigenvalue weighted by Crippen LogP contribution is -2.39. The number of amides is 1. The van der Waals surface area contributed by atoms with Crippen LogP contribution in [0.4, 0.5) is 11.6 Å². The molecule has 1 saturated heterocycles. The molecule has 0 spiro atoms. The zero-order valence-electron chi connectivity index (χ0n) is 16.9. The molecule has 0 radical (unpaired) electrons. The maximum Gasteiger partial charge on any atom is 0.275 e. The van der Waals surface area contributed by atoms with Crippen LogP contribution in [0.3, 0.4) is 0 Å². The van der Waals surface area contributed by atoms with Gasteiger partial charge in [-0.15, -0.1) is 0 Å². The Labute approximate surface area is 170 Å². The fourth-order valence-electron chi connectivity index (χ4n) is 3.89. The van der Waals surface area contributed by atoms with Crippen LogP contribution in [0.5, 0.6) is 0 Å². The van der Waals surface area contributed by atoms with Crippen molar-refractivity contribution in [2.24, 2.45) is 18.9 Å². The Balaban J connectivity index is 1.50. The molecule has 0 aliphatic carbocycles. The molecule has 3 aromatic rings. The zero-order valence-corrected chi connectivity index (χ0v) is 16.9. The predicted octanol–water partition coefficient (Wildman–Crippen LogP) is 3.01. The third-order valence-corrected chi connectivity index (χ3v) is 5.07. The second kappa shape index (κ2) is 7.98. The maximum atomic E-state index is 12.7. The van der Waals surface area contributed by atoms with Crippen molar-refractivity contribution >= 4 is 17.5 Å². The van der Waals surface area contributed by atoms with Gasteiger partial charge < -0.3 is 10.2 Å².